The van der Waals surface area contributed by atoms with Gasteiger partial charge in [0.2, 0.25) is 5.91 Å². The van der Waals surface area contributed by atoms with Gasteiger partial charge in [0.25, 0.3) is 0 Å². The number of carboxylic acid groups (broad SMARTS) is 1. The van der Waals surface area contributed by atoms with Crippen LogP contribution < -0.4 is 10.6 Å². The smallest absolute Gasteiger partial charge is 0.407 e. The molecule has 2 aromatic rings. The minimum Gasteiger partial charge on any atom is -0.481 e. The van der Waals surface area contributed by atoms with Crippen LogP contribution in [-0.2, 0) is 14.3 Å². The summed E-state index contributed by atoms with van der Waals surface area (Å²) in [5.41, 5.74) is 4.75. The predicted molar refractivity (Wildman–Crippen MR) is 124 cm³/mol. The third-order valence-corrected chi connectivity index (χ3v) is 6.55. The molecule has 174 valence electrons. The van der Waals surface area contributed by atoms with Gasteiger partial charge in [0.1, 0.15) is 6.61 Å². The molecular formula is C26H30N2O5. The Bertz CT molecular complexity index is 985. The average molecular weight is 451 g/mol. The second-order valence-electron chi connectivity index (χ2n) is 9.22. The molecule has 1 saturated carbocycles. The Labute approximate surface area is 193 Å². The van der Waals surface area contributed by atoms with E-state index in [9.17, 15) is 14.4 Å². The summed E-state index contributed by atoms with van der Waals surface area (Å²) in [5.74, 6) is -0.784. The van der Waals surface area contributed by atoms with Crippen molar-refractivity contribution in [2.24, 2.45) is 11.8 Å². The van der Waals surface area contributed by atoms with E-state index in [4.69, 9.17) is 9.84 Å². The van der Waals surface area contributed by atoms with E-state index in [0.29, 0.717) is 13.0 Å². The lowest BCUT2D eigenvalue weighted by Gasteiger charge is -2.35. The quantitative estimate of drug-likeness (QED) is 0.537. The van der Waals surface area contributed by atoms with E-state index >= 15 is 0 Å². The molecule has 2 aliphatic rings. The highest BCUT2D eigenvalue weighted by atomic mass is 16.5. The second kappa shape index (κ2) is 10.1. The van der Waals surface area contributed by atoms with Gasteiger partial charge in [0, 0.05) is 31.3 Å². The fraction of sp³-hybridized carbons (Fsp3) is 0.423. The summed E-state index contributed by atoms with van der Waals surface area (Å²) in [6.07, 6.45) is 1.48. The molecule has 0 heterocycles. The van der Waals surface area contributed by atoms with Crippen molar-refractivity contribution < 1.29 is 24.2 Å². The summed E-state index contributed by atoms with van der Waals surface area (Å²) < 4.78 is 5.58. The zero-order valence-electron chi connectivity index (χ0n) is 18.8. The van der Waals surface area contributed by atoms with Crippen LogP contribution in [0.5, 0.6) is 0 Å². The molecule has 7 nitrogen and oxygen atoms in total. The summed E-state index contributed by atoms with van der Waals surface area (Å²) >= 11 is 0. The summed E-state index contributed by atoms with van der Waals surface area (Å²) in [6.45, 7) is 2.44. The van der Waals surface area contributed by atoms with E-state index in [1.165, 1.54) is 22.3 Å². The van der Waals surface area contributed by atoms with Gasteiger partial charge in [0.15, 0.2) is 0 Å². The molecular weight excluding hydrogens is 420 g/mol. The highest BCUT2D eigenvalue weighted by molar-refractivity contribution is 5.79. The van der Waals surface area contributed by atoms with Crippen LogP contribution in [0.15, 0.2) is 48.5 Å². The normalized spacial score (nSPS) is 19.5. The molecule has 0 aromatic heterocycles. The maximum atomic E-state index is 12.4. The standard InChI is InChI=1S/C26H30N2O5/c1-16(10-25(30)31)14-27-24(29)13-17-11-18(12-17)28-26(32)33-15-23-21-8-4-2-6-19(21)20-7-3-5-9-22(20)23/h2-9,16-18,23H,10-15H2,1H3,(H,27,29)(H,28,32)(H,30,31). The number of carbonyl (C=O) groups is 3. The van der Waals surface area contributed by atoms with E-state index in [1.54, 1.807) is 6.92 Å². The summed E-state index contributed by atoms with van der Waals surface area (Å²) in [5, 5.41) is 14.5. The average Bonchev–Trinajstić information content (AvgIpc) is 3.08. The number of rotatable bonds is 9. The minimum absolute atomic E-state index is 0.0179. The fourth-order valence-electron chi connectivity index (χ4n) is 4.82. The molecule has 0 bridgehead atoms. The lowest BCUT2D eigenvalue weighted by molar-refractivity contribution is -0.138. The third kappa shape index (κ3) is 5.53. The van der Waals surface area contributed by atoms with Crippen molar-refractivity contribution in [3.05, 3.63) is 59.7 Å². The van der Waals surface area contributed by atoms with Crippen LogP contribution in [0.3, 0.4) is 0 Å². The number of carbonyl (C=O) groups excluding carboxylic acids is 2. The topological polar surface area (TPSA) is 105 Å². The van der Waals surface area contributed by atoms with Gasteiger partial charge < -0.3 is 20.5 Å². The lowest BCUT2D eigenvalue weighted by Crippen LogP contribution is -2.46. The highest BCUT2D eigenvalue weighted by Gasteiger charge is 2.33. The van der Waals surface area contributed by atoms with Gasteiger partial charge >= 0.3 is 12.1 Å². The van der Waals surface area contributed by atoms with Crippen molar-refractivity contribution in [1.82, 2.24) is 10.6 Å². The summed E-state index contributed by atoms with van der Waals surface area (Å²) in [6, 6.07) is 16.5. The monoisotopic (exact) mass is 450 g/mol. The van der Waals surface area contributed by atoms with E-state index in [0.717, 1.165) is 12.8 Å². The number of aliphatic carboxylic acids is 1. The van der Waals surface area contributed by atoms with E-state index in [1.807, 2.05) is 24.3 Å². The molecule has 0 aliphatic heterocycles. The van der Waals surface area contributed by atoms with Crippen LogP contribution in [0.25, 0.3) is 11.1 Å². The number of amides is 2. The Morgan fingerprint density at radius 1 is 1.03 bits per heavy atom. The van der Waals surface area contributed by atoms with Gasteiger partial charge in [-0.05, 0) is 46.9 Å². The van der Waals surface area contributed by atoms with Crippen molar-refractivity contribution >= 4 is 18.0 Å². The molecule has 33 heavy (non-hydrogen) atoms. The molecule has 1 atom stereocenters. The maximum Gasteiger partial charge on any atom is 0.407 e. The van der Waals surface area contributed by atoms with Crippen molar-refractivity contribution in [2.45, 2.75) is 44.6 Å². The first-order chi connectivity index (χ1) is 15.9. The minimum atomic E-state index is -0.863. The zero-order chi connectivity index (χ0) is 23.4. The molecule has 1 fully saturated rings. The van der Waals surface area contributed by atoms with Crippen molar-refractivity contribution in [3.63, 3.8) is 0 Å². The lowest BCUT2D eigenvalue weighted by atomic mass is 9.78. The van der Waals surface area contributed by atoms with E-state index in [2.05, 4.69) is 34.9 Å². The van der Waals surface area contributed by atoms with Gasteiger partial charge in [-0.25, -0.2) is 4.79 Å². The molecule has 4 rings (SSSR count). The zero-order valence-corrected chi connectivity index (χ0v) is 18.8. The molecule has 2 aliphatic carbocycles. The number of hydrogen-bond acceptors (Lipinski definition) is 4. The number of benzene rings is 2. The Hall–Kier alpha value is -3.35. The van der Waals surface area contributed by atoms with Crippen LogP contribution in [-0.4, -0.2) is 42.3 Å². The van der Waals surface area contributed by atoms with E-state index < -0.39 is 12.1 Å². The van der Waals surface area contributed by atoms with E-state index in [-0.39, 0.29) is 42.7 Å². The first-order valence-corrected chi connectivity index (χ1v) is 11.5. The Kier molecular flexibility index (Phi) is 6.96. The van der Waals surface area contributed by atoms with Crippen molar-refractivity contribution in [2.75, 3.05) is 13.2 Å². The summed E-state index contributed by atoms with van der Waals surface area (Å²) in [7, 11) is 0. The van der Waals surface area contributed by atoms with Gasteiger partial charge in [0.05, 0.1) is 0 Å². The van der Waals surface area contributed by atoms with Crippen LogP contribution in [0.4, 0.5) is 4.79 Å². The van der Waals surface area contributed by atoms with Gasteiger partial charge in [-0.3, -0.25) is 9.59 Å². The number of hydrogen-bond donors (Lipinski definition) is 3. The molecule has 3 N–H and O–H groups in total. The number of fused-ring (bicyclic) bond motifs is 3. The van der Waals surface area contributed by atoms with Crippen LogP contribution >= 0.6 is 0 Å². The number of carboxylic acids is 1. The first-order valence-electron chi connectivity index (χ1n) is 11.5. The van der Waals surface area contributed by atoms with Crippen LogP contribution in [0, 0.1) is 11.8 Å². The Morgan fingerprint density at radius 3 is 2.24 bits per heavy atom. The first kappa shape index (κ1) is 22.8. The van der Waals surface area contributed by atoms with Crippen molar-refractivity contribution in [1.29, 1.82) is 0 Å². The third-order valence-electron chi connectivity index (χ3n) is 6.55. The predicted octanol–water partition coefficient (Wildman–Crippen LogP) is 3.92. The van der Waals surface area contributed by atoms with Crippen molar-refractivity contribution in [3.8, 4) is 11.1 Å². The SMILES string of the molecule is CC(CNC(=O)CC1CC(NC(=O)OCC2c3ccccc3-c3ccccc32)C1)CC(=O)O. The Morgan fingerprint density at radius 2 is 1.64 bits per heavy atom. The molecule has 2 amide bonds. The molecule has 2 aromatic carbocycles. The number of alkyl carbamates (subject to hydrolysis) is 1. The molecule has 0 saturated heterocycles. The number of nitrogens with one attached hydrogen (secondary N) is 2. The van der Waals surface area contributed by atoms with Gasteiger partial charge in [-0.15, -0.1) is 0 Å². The molecule has 7 heteroatoms. The van der Waals surface area contributed by atoms with Gasteiger partial charge in [-0.1, -0.05) is 55.5 Å². The number of ether oxygens (including phenoxy) is 1. The molecule has 0 radical (unpaired) electrons. The largest absolute Gasteiger partial charge is 0.481 e. The Balaban J connectivity index is 1.18. The van der Waals surface area contributed by atoms with Crippen LogP contribution in [0.2, 0.25) is 0 Å². The summed E-state index contributed by atoms with van der Waals surface area (Å²) in [4.78, 5) is 35.1. The van der Waals surface area contributed by atoms with Crippen LogP contribution in [0.1, 0.15) is 49.7 Å². The second-order valence-corrected chi connectivity index (χ2v) is 9.22. The molecule has 1 unspecified atom stereocenters. The van der Waals surface area contributed by atoms with Gasteiger partial charge in [-0.2, -0.15) is 0 Å². The maximum absolute atomic E-state index is 12.4. The highest BCUT2D eigenvalue weighted by Crippen LogP contribution is 2.44. The molecule has 0 spiro atoms. The fourth-order valence-corrected chi connectivity index (χ4v) is 4.82.